The van der Waals surface area contributed by atoms with E-state index in [2.05, 4.69) is 5.32 Å². The van der Waals surface area contributed by atoms with E-state index in [1.54, 1.807) is 0 Å². The number of barbiturate groups is 1. The van der Waals surface area contributed by atoms with Crippen molar-refractivity contribution in [2.24, 2.45) is 5.92 Å². The normalized spacial score (nSPS) is 19.2. The van der Waals surface area contributed by atoms with Gasteiger partial charge in [-0.05, 0) is 25.5 Å². The van der Waals surface area contributed by atoms with Gasteiger partial charge in [-0.1, -0.05) is 19.4 Å². The van der Waals surface area contributed by atoms with Crippen LogP contribution in [0.3, 0.4) is 0 Å². The molecule has 1 aliphatic heterocycles. The first kappa shape index (κ1) is 14.2. The van der Waals surface area contributed by atoms with Crippen LogP contribution in [-0.4, -0.2) is 17.8 Å². The second-order valence-corrected chi connectivity index (χ2v) is 4.69. The van der Waals surface area contributed by atoms with Crippen LogP contribution in [-0.2, 0) is 9.59 Å². The number of benzene rings is 1. The molecule has 1 saturated heterocycles. The average Bonchev–Trinajstić information content (AvgIpc) is 2.39. The van der Waals surface area contributed by atoms with Crippen LogP contribution in [0.25, 0.3) is 0 Å². The smallest absolute Gasteiger partial charge is 0.277 e. The van der Waals surface area contributed by atoms with E-state index in [9.17, 15) is 18.8 Å². The van der Waals surface area contributed by atoms with Crippen molar-refractivity contribution in [2.75, 3.05) is 4.90 Å². The molecular weight excluding hydrogens is 263 g/mol. The van der Waals surface area contributed by atoms with E-state index in [1.807, 2.05) is 6.92 Å². The van der Waals surface area contributed by atoms with E-state index in [4.69, 9.17) is 0 Å². The number of anilines is 1. The predicted molar refractivity (Wildman–Crippen MR) is 70.6 cm³/mol. The second kappa shape index (κ2) is 5.40. The summed E-state index contributed by atoms with van der Waals surface area (Å²) in [5, 5.41) is 2.14. The molecule has 0 aliphatic carbocycles. The molecule has 1 unspecified atom stereocenters. The molecule has 1 atom stereocenters. The van der Waals surface area contributed by atoms with Gasteiger partial charge in [0, 0.05) is 5.56 Å². The molecule has 1 N–H and O–H groups in total. The highest BCUT2D eigenvalue weighted by Crippen LogP contribution is 2.27. The number of hydrogen-bond donors (Lipinski definition) is 1. The fraction of sp³-hybridized carbons (Fsp3) is 0.357. The Morgan fingerprint density at radius 3 is 2.65 bits per heavy atom. The van der Waals surface area contributed by atoms with E-state index < -0.39 is 29.6 Å². The summed E-state index contributed by atoms with van der Waals surface area (Å²) in [4.78, 5) is 36.7. The van der Waals surface area contributed by atoms with Gasteiger partial charge in [0.25, 0.3) is 0 Å². The standard InChI is InChI=1S/C14H15FN2O3/c1-3-5-9-12(18)16-14(20)17(13(9)19)11-7-4-6-10(15)8(11)2/h4,6-7,9H,3,5H2,1-2H3,(H,16,18,20). The van der Waals surface area contributed by atoms with Crippen molar-refractivity contribution in [1.29, 1.82) is 0 Å². The summed E-state index contributed by atoms with van der Waals surface area (Å²) in [5.41, 5.74) is 0.363. The van der Waals surface area contributed by atoms with E-state index in [1.165, 1.54) is 25.1 Å². The molecule has 1 aromatic carbocycles. The zero-order valence-electron chi connectivity index (χ0n) is 11.3. The third-order valence-corrected chi connectivity index (χ3v) is 3.33. The number of carbonyl (C=O) groups is 3. The summed E-state index contributed by atoms with van der Waals surface area (Å²) < 4.78 is 13.6. The minimum atomic E-state index is -0.902. The lowest BCUT2D eigenvalue weighted by molar-refractivity contribution is -0.134. The van der Waals surface area contributed by atoms with Gasteiger partial charge in [0.1, 0.15) is 11.7 Å². The molecule has 2 rings (SSSR count). The van der Waals surface area contributed by atoms with Crippen LogP contribution in [0.15, 0.2) is 18.2 Å². The highest BCUT2D eigenvalue weighted by molar-refractivity contribution is 6.27. The average molecular weight is 278 g/mol. The number of nitrogens with one attached hydrogen (secondary N) is 1. The molecule has 20 heavy (non-hydrogen) atoms. The van der Waals surface area contributed by atoms with Crippen LogP contribution in [0.5, 0.6) is 0 Å². The Morgan fingerprint density at radius 1 is 1.30 bits per heavy atom. The van der Waals surface area contributed by atoms with Gasteiger partial charge >= 0.3 is 6.03 Å². The quantitative estimate of drug-likeness (QED) is 0.861. The highest BCUT2D eigenvalue weighted by atomic mass is 19.1. The molecule has 6 heteroatoms. The second-order valence-electron chi connectivity index (χ2n) is 4.69. The Kier molecular flexibility index (Phi) is 3.83. The Bertz CT molecular complexity index is 586. The fourth-order valence-electron chi connectivity index (χ4n) is 2.23. The fourth-order valence-corrected chi connectivity index (χ4v) is 2.23. The summed E-state index contributed by atoms with van der Waals surface area (Å²) in [7, 11) is 0. The van der Waals surface area contributed by atoms with E-state index in [-0.39, 0.29) is 11.3 Å². The number of halogens is 1. The molecule has 106 valence electrons. The summed E-state index contributed by atoms with van der Waals surface area (Å²) in [5.74, 6) is -2.60. The summed E-state index contributed by atoms with van der Waals surface area (Å²) in [6.07, 6.45) is 0.983. The Labute approximate surface area is 115 Å². The number of nitrogens with zero attached hydrogens (tertiary/aromatic N) is 1. The molecule has 5 nitrogen and oxygen atoms in total. The SMILES string of the molecule is CCCC1C(=O)NC(=O)N(c2cccc(F)c2C)C1=O. The first-order valence-corrected chi connectivity index (χ1v) is 6.41. The molecule has 0 spiro atoms. The monoisotopic (exact) mass is 278 g/mol. The highest BCUT2D eigenvalue weighted by Gasteiger charge is 2.41. The molecule has 0 bridgehead atoms. The first-order chi connectivity index (χ1) is 9.47. The summed E-state index contributed by atoms with van der Waals surface area (Å²) in [6.45, 7) is 3.32. The van der Waals surface area contributed by atoms with E-state index in [0.717, 1.165) is 4.90 Å². The number of amides is 4. The molecule has 0 radical (unpaired) electrons. The Morgan fingerprint density at radius 2 is 2.00 bits per heavy atom. The zero-order chi connectivity index (χ0) is 14.9. The van der Waals surface area contributed by atoms with Crippen molar-refractivity contribution in [3.8, 4) is 0 Å². The molecule has 1 aromatic rings. The number of carbonyl (C=O) groups excluding carboxylic acids is 3. The Hall–Kier alpha value is -2.24. The van der Waals surface area contributed by atoms with Crippen molar-refractivity contribution in [2.45, 2.75) is 26.7 Å². The molecule has 0 saturated carbocycles. The minimum absolute atomic E-state index is 0.168. The first-order valence-electron chi connectivity index (χ1n) is 6.41. The number of urea groups is 1. The molecule has 1 aliphatic rings. The molecule has 0 aromatic heterocycles. The van der Waals surface area contributed by atoms with Crippen LogP contribution in [0.2, 0.25) is 0 Å². The third-order valence-electron chi connectivity index (χ3n) is 3.33. The van der Waals surface area contributed by atoms with E-state index >= 15 is 0 Å². The van der Waals surface area contributed by atoms with Crippen molar-refractivity contribution in [3.05, 3.63) is 29.6 Å². The summed E-state index contributed by atoms with van der Waals surface area (Å²) in [6, 6.07) is 3.32. The van der Waals surface area contributed by atoms with E-state index in [0.29, 0.717) is 12.8 Å². The lowest BCUT2D eigenvalue weighted by Crippen LogP contribution is -2.58. The van der Waals surface area contributed by atoms with Crippen LogP contribution in [0, 0.1) is 18.7 Å². The van der Waals surface area contributed by atoms with Gasteiger partial charge in [-0.3, -0.25) is 14.9 Å². The van der Waals surface area contributed by atoms with Crippen LogP contribution in [0.1, 0.15) is 25.3 Å². The zero-order valence-corrected chi connectivity index (χ0v) is 11.3. The van der Waals surface area contributed by atoms with Crippen LogP contribution >= 0.6 is 0 Å². The third kappa shape index (κ3) is 2.29. The molecule has 1 fully saturated rings. The maximum atomic E-state index is 13.6. The van der Waals surface area contributed by atoms with Gasteiger partial charge in [-0.2, -0.15) is 0 Å². The minimum Gasteiger partial charge on any atom is -0.277 e. The van der Waals surface area contributed by atoms with Crippen LogP contribution in [0.4, 0.5) is 14.9 Å². The lowest BCUT2D eigenvalue weighted by atomic mass is 9.98. The van der Waals surface area contributed by atoms with Crippen molar-refractivity contribution in [1.82, 2.24) is 5.32 Å². The predicted octanol–water partition coefficient (Wildman–Crippen LogP) is 2.13. The van der Waals surface area contributed by atoms with Crippen molar-refractivity contribution in [3.63, 3.8) is 0 Å². The maximum Gasteiger partial charge on any atom is 0.335 e. The van der Waals surface area contributed by atoms with Crippen molar-refractivity contribution < 1.29 is 18.8 Å². The number of hydrogen-bond acceptors (Lipinski definition) is 3. The largest absolute Gasteiger partial charge is 0.335 e. The Balaban J connectivity index is 2.44. The number of rotatable bonds is 3. The van der Waals surface area contributed by atoms with Crippen LogP contribution < -0.4 is 10.2 Å². The topological polar surface area (TPSA) is 66.5 Å². The maximum absolute atomic E-state index is 13.6. The summed E-state index contributed by atoms with van der Waals surface area (Å²) >= 11 is 0. The van der Waals surface area contributed by atoms with Crippen molar-refractivity contribution >= 4 is 23.5 Å². The van der Waals surface area contributed by atoms with Gasteiger partial charge in [0.2, 0.25) is 11.8 Å². The van der Waals surface area contributed by atoms with Gasteiger partial charge in [-0.15, -0.1) is 0 Å². The molecule has 4 amide bonds. The van der Waals surface area contributed by atoms with Gasteiger partial charge in [0.15, 0.2) is 0 Å². The molecular formula is C14H15FN2O3. The van der Waals surface area contributed by atoms with Gasteiger partial charge in [0.05, 0.1) is 5.69 Å². The van der Waals surface area contributed by atoms with Gasteiger partial charge < -0.3 is 0 Å². The molecule has 1 heterocycles. The number of imide groups is 2. The lowest BCUT2D eigenvalue weighted by Gasteiger charge is -2.30. The van der Waals surface area contributed by atoms with Gasteiger partial charge in [-0.25, -0.2) is 14.1 Å².